The maximum Gasteiger partial charge on any atom is 0.126 e. The van der Waals surface area contributed by atoms with E-state index in [0.717, 1.165) is 197 Å². The molecule has 6 rings (SSSR count). The molecular formula is C81H120O6. The van der Waals surface area contributed by atoms with Gasteiger partial charge in [-0.05, 0) is 341 Å². The normalized spacial score (nSPS) is 17.0. The number of hydrogen-bond acceptors (Lipinski definition) is 6. The second-order valence-electron chi connectivity index (χ2n) is 26.9. The van der Waals surface area contributed by atoms with Gasteiger partial charge >= 0.3 is 0 Å². The minimum atomic E-state index is 0.279. The van der Waals surface area contributed by atoms with E-state index in [9.17, 15) is 15.3 Å². The Morgan fingerprint density at radius 3 is 1.10 bits per heavy atom. The second kappa shape index (κ2) is 38.5. The smallest absolute Gasteiger partial charge is 0.126 e. The van der Waals surface area contributed by atoms with Crippen LogP contribution >= 0.6 is 0 Å². The average Bonchev–Trinajstić information content (AvgIpc) is 2.47. The molecule has 0 spiro atoms. The molecule has 0 radical (unpaired) electrons. The molecule has 0 aromatic heterocycles. The first-order valence-corrected chi connectivity index (χ1v) is 33.6. The zero-order valence-electron chi connectivity index (χ0n) is 58.2. The fraction of sp³-hybridized carbons (Fsp3) is 0.556. The number of aromatic hydroxyl groups is 3. The Morgan fingerprint density at radius 1 is 0.368 bits per heavy atom. The lowest BCUT2D eigenvalue weighted by Crippen LogP contribution is -2.24. The van der Waals surface area contributed by atoms with Crippen molar-refractivity contribution in [3.8, 4) is 34.5 Å². The summed E-state index contributed by atoms with van der Waals surface area (Å²) in [6.07, 6.45) is 48.5. The minimum absolute atomic E-state index is 0.279. The first-order valence-electron chi connectivity index (χ1n) is 33.6. The number of aryl methyl sites for hydroxylation is 3. The van der Waals surface area contributed by atoms with Crippen molar-refractivity contribution in [2.24, 2.45) is 0 Å². The van der Waals surface area contributed by atoms with Gasteiger partial charge in [-0.1, -0.05) is 105 Å². The number of ether oxygens (including phenoxy) is 3. The van der Waals surface area contributed by atoms with Crippen molar-refractivity contribution in [2.45, 2.75) is 297 Å². The molecule has 3 aromatic carbocycles. The van der Waals surface area contributed by atoms with Crippen molar-refractivity contribution in [1.82, 2.24) is 0 Å². The molecule has 3 unspecified atom stereocenters. The lowest BCUT2D eigenvalue weighted by atomic mass is 9.90. The van der Waals surface area contributed by atoms with Gasteiger partial charge in [-0.15, -0.1) is 0 Å². The van der Waals surface area contributed by atoms with E-state index < -0.39 is 0 Å². The van der Waals surface area contributed by atoms with Crippen LogP contribution in [0.4, 0.5) is 0 Å². The Balaban J connectivity index is 0.000000279. The second-order valence-corrected chi connectivity index (χ2v) is 26.9. The van der Waals surface area contributed by atoms with E-state index in [0.29, 0.717) is 17.2 Å². The molecule has 480 valence electrons. The van der Waals surface area contributed by atoms with Crippen LogP contribution in [0.15, 0.2) is 123 Å². The summed E-state index contributed by atoms with van der Waals surface area (Å²) in [5.74, 6) is 4.19. The van der Waals surface area contributed by atoms with Crippen LogP contribution in [-0.2, 0) is 19.3 Å². The zero-order chi connectivity index (χ0) is 64.2. The average molecular weight is 1190 g/mol. The van der Waals surface area contributed by atoms with Gasteiger partial charge in [0, 0.05) is 5.56 Å². The van der Waals surface area contributed by atoms with Crippen molar-refractivity contribution in [1.29, 1.82) is 0 Å². The van der Waals surface area contributed by atoms with E-state index in [-0.39, 0.29) is 18.3 Å². The first-order chi connectivity index (χ1) is 41.3. The van der Waals surface area contributed by atoms with Crippen LogP contribution in [0.2, 0.25) is 0 Å². The van der Waals surface area contributed by atoms with Gasteiger partial charge < -0.3 is 29.5 Å². The quantitative estimate of drug-likeness (QED) is 0.0659. The summed E-state index contributed by atoms with van der Waals surface area (Å²) in [5.41, 5.74) is 22.8. The van der Waals surface area contributed by atoms with Crippen molar-refractivity contribution in [2.75, 3.05) is 0 Å². The molecule has 0 saturated carbocycles. The zero-order valence-corrected chi connectivity index (χ0v) is 58.2. The topological polar surface area (TPSA) is 88.4 Å². The number of fused-ring (bicyclic) bond motifs is 3. The highest BCUT2D eigenvalue weighted by Gasteiger charge is 2.27. The van der Waals surface area contributed by atoms with Crippen molar-refractivity contribution < 1.29 is 29.5 Å². The van der Waals surface area contributed by atoms with E-state index >= 15 is 0 Å². The van der Waals surface area contributed by atoms with Crippen molar-refractivity contribution >= 4 is 0 Å². The summed E-state index contributed by atoms with van der Waals surface area (Å²) in [6.45, 7) is 38.6. The van der Waals surface area contributed by atoms with Gasteiger partial charge in [-0.2, -0.15) is 0 Å². The summed E-state index contributed by atoms with van der Waals surface area (Å²) in [6, 6.07) is 5.52. The van der Waals surface area contributed by atoms with E-state index in [1.165, 1.54) is 75.0 Å². The Kier molecular flexibility index (Phi) is 32.6. The first kappa shape index (κ1) is 73.6. The maximum absolute atomic E-state index is 10.3. The molecule has 6 nitrogen and oxygen atoms in total. The maximum atomic E-state index is 10.3. The van der Waals surface area contributed by atoms with Crippen LogP contribution in [-0.4, -0.2) is 33.6 Å². The van der Waals surface area contributed by atoms with E-state index in [1.807, 2.05) is 39.8 Å². The molecule has 0 saturated heterocycles. The minimum Gasteiger partial charge on any atom is -0.508 e. The number of hydrogen-bond donors (Lipinski definition) is 3. The van der Waals surface area contributed by atoms with Crippen LogP contribution in [0.1, 0.15) is 268 Å². The third-order valence-electron chi connectivity index (χ3n) is 17.9. The highest BCUT2D eigenvalue weighted by atomic mass is 16.5. The van der Waals surface area contributed by atoms with Gasteiger partial charge in [0.05, 0.1) is 18.3 Å². The number of allylic oxidation sites excluding steroid dienone is 18. The SMILES string of the molecule is CC(C)=CCC/C(C)=C/CC/C(C)=C/CCC1CCc2c(C)c(O)c(C)c(C)c2O1.CC(C)=CCC/C(C)=C/CC/C(C)=C/CCC1CCc2cc(O)c(C)c(C)c2O1.CC(C)=CCC/C(C)=C/CC/C(C)=C/CCC1CCc2cc(O)cc(C)c2O1. The predicted octanol–water partition coefficient (Wildman–Crippen LogP) is 23.7. The van der Waals surface area contributed by atoms with Crippen LogP contribution in [0, 0.1) is 41.5 Å². The van der Waals surface area contributed by atoms with Gasteiger partial charge in [-0.25, -0.2) is 0 Å². The molecule has 3 aromatic rings. The van der Waals surface area contributed by atoms with Crippen LogP contribution < -0.4 is 14.2 Å². The molecule has 3 N–H and O–H groups in total. The lowest BCUT2D eigenvalue weighted by Gasteiger charge is -2.30. The molecule has 0 bridgehead atoms. The van der Waals surface area contributed by atoms with Gasteiger partial charge in [-0.3, -0.25) is 0 Å². The number of phenolic OH excluding ortho intramolecular Hbond substituents is 3. The monoisotopic (exact) mass is 1190 g/mol. The van der Waals surface area contributed by atoms with E-state index in [4.69, 9.17) is 14.2 Å². The Bertz CT molecular complexity index is 2960. The molecule has 6 heteroatoms. The number of rotatable bonds is 27. The summed E-state index contributed by atoms with van der Waals surface area (Å²) >= 11 is 0. The van der Waals surface area contributed by atoms with Crippen molar-refractivity contribution in [3.05, 3.63) is 173 Å². The van der Waals surface area contributed by atoms with Crippen molar-refractivity contribution in [3.63, 3.8) is 0 Å². The third-order valence-corrected chi connectivity index (χ3v) is 17.9. The van der Waals surface area contributed by atoms with Gasteiger partial charge in [0.2, 0.25) is 0 Å². The van der Waals surface area contributed by atoms with Gasteiger partial charge in [0.15, 0.2) is 0 Å². The third kappa shape index (κ3) is 26.8. The number of benzene rings is 3. The molecule has 3 aliphatic rings. The summed E-state index contributed by atoms with van der Waals surface area (Å²) in [5, 5.41) is 30.1. The summed E-state index contributed by atoms with van der Waals surface area (Å²) < 4.78 is 18.9. The van der Waals surface area contributed by atoms with Crippen LogP contribution in [0.5, 0.6) is 34.5 Å². The van der Waals surface area contributed by atoms with Gasteiger partial charge in [0.1, 0.15) is 34.5 Å². The molecular weight excluding hydrogens is 1070 g/mol. The molecule has 3 atom stereocenters. The summed E-state index contributed by atoms with van der Waals surface area (Å²) in [4.78, 5) is 0. The molecule has 87 heavy (non-hydrogen) atoms. The highest BCUT2D eigenvalue weighted by molar-refractivity contribution is 5.58. The fourth-order valence-corrected chi connectivity index (χ4v) is 11.9. The Labute approximate surface area is 531 Å². The molecule has 3 heterocycles. The lowest BCUT2D eigenvalue weighted by molar-refractivity contribution is 0.163. The van der Waals surface area contributed by atoms with E-state index in [2.05, 4.69) is 152 Å². The largest absolute Gasteiger partial charge is 0.508 e. The number of phenols is 3. The van der Waals surface area contributed by atoms with Crippen LogP contribution in [0.3, 0.4) is 0 Å². The Hall–Kier alpha value is -5.88. The molecule has 0 aliphatic carbocycles. The van der Waals surface area contributed by atoms with Crippen LogP contribution in [0.25, 0.3) is 0 Å². The molecule has 0 amide bonds. The van der Waals surface area contributed by atoms with E-state index in [1.54, 1.807) is 6.07 Å². The molecule has 0 fully saturated rings. The fourth-order valence-electron chi connectivity index (χ4n) is 11.9. The summed E-state index contributed by atoms with van der Waals surface area (Å²) in [7, 11) is 0. The van der Waals surface area contributed by atoms with Gasteiger partial charge in [0.25, 0.3) is 0 Å². The predicted molar refractivity (Wildman–Crippen MR) is 375 cm³/mol. The standard InChI is InChI=1S/C28H42O2.C27H40O2.C26H38O2/c1-19(2)11-8-12-20(3)13-9-14-21(4)15-10-16-25-17-18-26-24(7)27(29)22(5)23(6)28(26)30-25;1-19(2)10-7-11-20(3)12-8-13-21(4)14-9-15-25-17-16-24-18-26(28)22(5)23(6)27(24)29-25;1-19(2)9-6-10-20(3)11-7-12-21(4)13-8-14-25-16-15-23-18-24(27)17-22(5)26(23)28-25/h11,13,15,25,29H,8-10,12,14,16-18H2,1-7H3;10,12,14,18,25,28H,7-9,11,13,15-17H2,1-6H3;9,11,13,17-18,25,27H,6-8,10,12,14-16H2,1-5H3/b20-13+,21-15+;20-12+,21-14+;20-11+,21-13+. The highest BCUT2D eigenvalue weighted by Crippen LogP contribution is 2.42. The Morgan fingerprint density at radius 2 is 0.701 bits per heavy atom. The molecule has 3 aliphatic heterocycles.